The van der Waals surface area contributed by atoms with Crippen LogP contribution in [0, 0.1) is 5.41 Å². The van der Waals surface area contributed by atoms with E-state index in [1.165, 1.54) is 6.92 Å². The van der Waals surface area contributed by atoms with Gasteiger partial charge in [-0.2, -0.15) is 4.98 Å². The topological polar surface area (TPSA) is 227 Å². The molecule has 28 heavy (non-hydrogen) atoms. The number of nitrogens with zero attached hydrogens (tertiary/aromatic N) is 1. The molecule has 1 aromatic rings. The first-order valence-corrected chi connectivity index (χ1v) is 8.84. The zero-order valence-electron chi connectivity index (χ0n) is 15.5. The number of aliphatic hydroxyl groups is 2. The van der Waals surface area contributed by atoms with Crippen molar-refractivity contribution in [3.63, 3.8) is 0 Å². The first-order chi connectivity index (χ1) is 13.2. The summed E-state index contributed by atoms with van der Waals surface area (Å²) in [6, 6.07) is -1.40. The van der Waals surface area contributed by atoms with Crippen LogP contribution in [-0.4, -0.2) is 69.4 Å². The maximum atomic E-state index is 12.2. The van der Waals surface area contributed by atoms with E-state index in [0.29, 0.717) is 25.2 Å². The van der Waals surface area contributed by atoms with Crippen LogP contribution in [0.3, 0.4) is 0 Å². The summed E-state index contributed by atoms with van der Waals surface area (Å²) in [5, 5.41) is 37.3. The Morgan fingerprint density at radius 2 is 2.18 bits per heavy atom. The zero-order chi connectivity index (χ0) is 20.8. The van der Waals surface area contributed by atoms with Crippen LogP contribution < -0.4 is 38.3 Å². The molecule has 12 N–H and O–H groups in total. The van der Waals surface area contributed by atoms with Gasteiger partial charge in [0.2, 0.25) is 11.9 Å². The van der Waals surface area contributed by atoms with Gasteiger partial charge >= 0.3 is 0 Å². The summed E-state index contributed by atoms with van der Waals surface area (Å²) in [5.74, 6) is -0.422. The zero-order valence-corrected chi connectivity index (χ0v) is 15.5. The molecule has 0 aliphatic carbocycles. The highest BCUT2D eigenvalue weighted by Gasteiger charge is 2.29. The van der Waals surface area contributed by atoms with Crippen molar-refractivity contribution in [3.05, 3.63) is 10.4 Å². The van der Waals surface area contributed by atoms with E-state index in [1.807, 2.05) is 0 Å². The summed E-state index contributed by atoms with van der Waals surface area (Å²) in [6.45, 7) is 2.11. The molecule has 0 fully saturated rings. The van der Waals surface area contributed by atoms with Gasteiger partial charge in [0.1, 0.15) is 17.6 Å². The summed E-state index contributed by atoms with van der Waals surface area (Å²) >= 11 is 0. The van der Waals surface area contributed by atoms with Crippen molar-refractivity contribution in [3.8, 4) is 0 Å². The van der Waals surface area contributed by atoms with Gasteiger partial charge in [0, 0.05) is 13.1 Å². The summed E-state index contributed by atoms with van der Waals surface area (Å²) in [6.07, 6.45) is -1.17. The molecule has 0 spiro atoms. The van der Waals surface area contributed by atoms with Gasteiger partial charge in [0.25, 0.3) is 5.56 Å². The predicted molar refractivity (Wildman–Crippen MR) is 104 cm³/mol. The number of nitrogens with one attached hydrogen (secondary N) is 6. The van der Waals surface area contributed by atoms with Crippen LogP contribution in [0.25, 0.3) is 0 Å². The number of guanidine groups is 1. The third kappa shape index (κ3) is 5.55. The molecule has 1 aliphatic rings. The van der Waals surface area contributed by atoms with Crippen LogP contribution in [-0.2, 0) is 4.79 Å². The molecule has 1 aliphatic heterocycles. The average Bonchev–Trinajstić information content (AvgIpc) is 2.63. The molecular weight excluding hydrogens is 370 g/mol. The summed E-state index contributed by atoms with van der Waals surface area (Å²) in [5.41, 5.74) is 10.4. The number of carbonyl (C=O) groups excluding carboxylic acids is 1. The predicted octanol–water partition coefficient (Wildman–Crippen LogP) is -2.75. The number of fused-ring (bicyclic) bond motifs is 1. The van der Waals surface area contributed by atoms with E-state index in [0.717, 1.165) is 0 Å². The molecule has 1 aromatic heterocycles. The number of aromatic amines is 1. The average molecular weight is 397 g/mol. The normalized spacial score (nSPS) is 18.6. The van der Waals surface area contributed by atoms with Crippen LogP contribution in [0.15, 0.2) is 4.79 Å². The molecule has 13 nitrogen and oxygen atoms in total. The number of H-pyrrole nitrogens is 1. The van der Waals surface area contributed by atoms with E-state index in [2.05, 4.69) is 31.2 Å². The SMILES string of the molecule is C[C@H](O)[C@H](O)C1CNc2[nH]c(NC(=O)[C@@H](N)CCCNC(=N)N)nc(=O)c2N1. The number of aliphatic hydroxyl groups excluding tert-OH is 2. The Morgan fingerprint density at radius 3 is 2.82 bits per heavy atom. The van der Waals surface area contributed by atoms with Gasteiger partial charge in [-0.15, -0.1) is 0 Å². The van der Waals surface area contributed by atoms with Gasteiger partial charge in [-0.3, -0.25) is 20.3 Å². The standard InChI is InChI=1S/C15H27N9O4/c1-6(25)10(26)8-5-20-11-9(21-8)13(28)24-15(22-11)23-12(27)7(16)3-2-4-19-14(17)18/h6-8,10,21,25-26H,2-5,16H2,1H3,(H4,17,18,19)(H3,20,22,23,24,27,28)/t6-,7-,8?,10-/m0/s1. The molecule has 0 saturated heterocycles. The maximum absolute atomic E-state index is 12.2. The maximum Gasteiger partial charge on any atom is 0.300 e. The molecule has 156 valence electrons. The molecule has 1 amide bonds. The number of aromatic nitrogens is 2. The molecule has 4 atom stereocenters. The van der Waals surface area contributed by atoms with Gasteiger partial charge in [-0.1, -0.05) is 0 Å². The minimum absolute atomic E-state index is 0.0603. The number of nitrogens with two attached hydrogens (primary N) is 2. The molecule has 0 saturated carbocycles. The van der Waals surface area contributed by atoms with Gasteiger partial charge < -0.3 is 42.6 Å². The third-order valence-electron chi connectivity index (χ3n) is 4.24. The Morgan fingerprint density at radius 1 is 1.46 bits per heavy atom. The van der Waals surface area contributed by atoms with Crippen LogP contribution in [0.4, 0.5) is 17.5 Å². The largest absolute Gasteiger partial charge is 0.391 e. The number of hydrogen-bond acceptors (Lipinski definition) is 9. The highest BCUT2D eigenvalue weighted by molar-refractivity contribution is 5.93. The first kappa shape index (κ1) is 21.4. The second-order valence-electron chi connectivity index (χ2n) is 6.58. The van der Waals surface area contributed by atoms with Crippen molar-refractivity contribution in [1.82, 2.24) is 15.3 Å². The van der Waals surface area contributed by atoms with Crippen molar-refractivity contribution in [1.29, 1.82) is 5.41 Å². The molecule has 13 heteroatoms. The minimum Gasteiger partial charge on any atom is -0.391 e. The van der Waals surface area contributed by atoms with Crippen molar-refractivity contribution >= 4 is 29.3 Å². The van der Waals surface area contributed by atoms with Crippen LogP contribution >= 0.6 is 0 Å². The van der Waals surface area contributed by atoms with E-state index in [4.69, 9.17) is 16.9 Å². The van der Waals surface area contributed by atoms with Crippen molar-refractivity contribution in [2.24, 2.45) is 11.5 Å². The molecule has 0 radical (unpaired) electrons. The van der Waals surface area contributed by atoms with Gasteiger partial charge in [0.05, 0.1) is 18.2 Å². The summed E-state index contributed by atoms with van der Waals surface area (Å²) in [7, 11) is 0. The van der Waals surface area contributed by atoms with E-state index in [9.17, 15) is 19.8 Å². The van der Waals surface area contributed by atoms with Crippen LogP contribution in [0.1, 0.15) is 19.8 Å². The van der Waals surface area contributed by atoms with Crippen LogP contribution in [0.2, 0.25) is 0 Å². The number of carbonyl (C=O) groups is 1. The van der Waals surface area contributed by atoms with Crippen molar-refractivity contribution < 1.29 is 15.0 Å². The second kappa shape index (κ2) is 9.34. The fourth-order valence-corrected chi connectivity index (χ4v) is 2.68. The Bertz CT molecular complexity index is 766. The second-order valence-corrected chi connectivity index (χ2v) is 6.58. The lowest BCUT2D eigenvalue weighted by Crippen LogP contribution is -2.48. The summed E-state index contributed by atoms with van der Waals surface area (Å²) in [4.78, 5) is 31.0. The fourth-order valence-electron chi connectivity index (χ4n) is 2.68. The monoisotopic (exact) mass is 397 g/mol. The number of hydrogen-bond donors (Lipinski definition) is 10. The Kier molecular flexibility index (Phi) is 7.14. The molecule has 1 unspecified atom stereocenters. The Balaban J connectivity index is 1.98. The molecular formula is C15H27N9O4. The molecule has 0 aromatic carbocycles. The lowest BCUT2D eigenvalue weighted by Gasteiger charge is -2.31. The van der Waals surface area contributed by atoms with Crippen molar-refractivity contribution in [2.75, 3.05) is 29.0 Å². The number of rotatable bonds is 8. The van der Waals surface area contributed by atoms with Gasteiger partial charge in [0.15, 0.2) is 5.96 Å². The van der Waals surface area contributed by atoms with E-state index in [-0.39, 0.29) is 24.1 Å². The molecule has 2 rings (SSSR count). The Hall–Kier alpha value is -2.90. The van der Waals surface area contributed by atoms with Gasteiger partial charge in [-0.25, -0.2) is 0 Å². The number of anilines is 3. The van der Waals surface area contributed by atoms with E-state index < -0.39 is 35.8 Å². The van der Waals surface area contributed by atoms with Crippen molar-refractivity contribution in [2.45, 2.75) is 44.1 Å². The Labute approximate surface area is 160 Å². The smallest absolute Gasteiger partial charge is 0.300 e. The van der Waals surface area contributed by atoms with E-state index in [1.54, 1.807) is 0 Å². The molecule has 2 heterocycles. The molecule has 0 bridgehead atoms. The van der Waals surface area contributed by atoms with Gasteiger partial charge in [-0.05, 0) is 19.8 Å². The lowest BCUT2D eigenvalue weighted by atomic mass is 10.0. The highest BCUT2D eigenvalue weighted by atomic mass is 16.3. The van der Waals surface area contributed by atoms with Crippen LogP contribution in [0.5, 0.6) is 0 Å². The minimum atomic E-state index is -1.07. The van der Waals surface area contributed by atoms with E-state index >= 15 is 0 Å². The lowest BCUT2D eigenvalue weighted by molar-refractivity contribution is -0.117. The third-order valence-corrected chi connectivity index (χ3v) is 4.24. The summed E-state index contributed by atoms with van der Waals surface area (Å²) < 4.78 is 0. The first-order valence-electron chi connectivity index (χ1n) is 8.84. The highest BCUT2D eigenvalue weighted by Crippen LogP contribution is 2.22. The number of amides is 1. The fraction of sp³-hybridized carbons (Fsp3) is 0.600. The quantitative estimate of drug-likeness (QED) is 0.123.